The summed E-state index contributed by atoms with van der Waals surface area (Å²) in [4.78, 5) is 11.9. The largest absolute Gasteiger partial charge is 0.471 e. The topological polar surface area (TPSA) is 65.4 Å². The van der Waals surface area contributed by atoms with Crippen LogP contribution in [-0.4, -0.2) is 35.4 Å². The highest BCUT2D eigenvalue weighted by atomic mass is 35.5. The van der Waals surface area contributed by atoms with Gasteiger partial charge in [0, 0.05) is 32.0 Å². The van der Waals surface area contributed by atoms with Crippen molar-refractivity contribution in [3.05, 3.63) is 47.0 Å². The summed E-state index contributed by atoms with van der Waals surface area (Å²) in [6, 6.07) is 5.67. The number of hydrogen-bond acceptors (Lipinski definition) is 4. The summed E-state index contributed by atoms with van der Waals surface area (Å²) in [5.41, 5.74) is 0.298. The number of nitrogens with one attached hydrogen (secondary N) is 1. The summed E-state index contributed by atoms with van der Waals surface area (Å²) in [5, 5.41) is 6.87. The zero-order valence-corrected chi connectivity index (χ0v) is 14.1. The molecule has 0 saturated carbocycles. The summed E-state index contributed by atoms with van der Waals surface area (Å²) in [6.45, 7) is 3.81. The number of carbonyl (C=O) groups is 1. The lowest BCUT2D eigenvalue weighted by molar-refractivity contribution is 0.0937. The van der Waals surface area contributed by atoms with Gasteiger partial charge in [-0.25, -0.2) is 9.07 Å². The molecule has 6 nitrogen and oxygen atoms in total. The van der Waals surface area contributed by atoms with E-state index in [1.165, 1.54) is 22.9 Å². The molecule has 0 aliphatic heterocycles. The van der Waals surface area contributed by atoms with Crippen molar-refractivity contribution in [3.8, 4) is 5.75 Å². The van der Waals surface area contributed by atoms with E-state index < -0.39 is 5.82 Å². The Hall–Kier alpha value is -2.12. The molecule has 0 unspecified atom stereocenters. The Morgan fingerprint density at radius 1 is 1.42 bits per heavy atom. The van der Waals surface area contributed by atoms with Gasteiger partial charge >= 0.3 is 0 Å². The third kappa shape index (κ3) is 5.50. The molecule has 0 radical (unpaired) electrons. The molecule has 1 N–H and O–H groups in total. The molecule has 8 heteroatoms. The highest BCUT2D eigenvalue weighted by molar-refractivity contribution is 6.30. The van der Waals surface area contributed by atoms with Gasteiger partial charge in [0.1, 0.15) is 17.3 Å². The van der Waals surface area contributed by atoms with Crippen LogP contribution in [0.3, 0.4) is 0 Å². The fraction of sp³-hybridized carbons (Fsp3) is 0.375. The summed E-state index contributed by atoms with van der Waals surface area (Å²) < 4.78 is 25.2. The molecular weight excluding hydrogens is 337 g/mol. The van der Waals surface area contributed by atoms with E-state index in [0.717, 1.165) is 6.42 Å². The smallest absolute Gasteiger partial charge is 0.271 e. The Balaban J connectivity index is 1.79. The van der Waals surface area contributed by atoms with Gasteiger partial charge in [-0.1, -0.05) is 11.6 Å². The molecule has 24 heavy (non-hydrogen) atoms. The Morgan fingerprint density at radius 3 is 3.00 bits per heavy atom. The van der Waals surface area contributed by atoms with Gasteiger partial charge in [0.15, 0.2) is 6.73 Å². The van der Waals surface area contributed by atoms with Crippen molar-refractivity contribution in [2.45, 2.75) is 20.1 Å². The van der Waals surface area contributed by atoms with E-state index in [2.05, 4.69) is 10.4 Å². The minimum Gasteiger partial charge on any atom is -0.471 e. The Labute approximate surface area is 144 Å². The number of amides is 1. The minimum absolute atomic E-state index is 0.0138. The zero-order chi connectivity index (χ0) is 17.4. The van der Waals surface area contributed by atoms with Crippen LogP contribution in [-0.2, 0) is 11.5 Å². The molecule has 0 bridgehead atoms. The van der Waals surface area contributed by atoms with Gasteiger partial charge in [0.25, 0.3) is 5.91 Å². The number of ether oxygens (including phenoxy) is 2. The quantitative estimate of drug-likeness (QED) is 0.702. The van der Waals surface area contributed by atoms with Crippen molar-refractivity contribution in [2.24, 2.45) is 0 Å². The number of halogens is 2. The van der Waals surface area contributed by atoms with Crippen LogP contribution in [0.4, 0.5) is 4.39 Å². The maximum absolute atomic E-state index is 13.1. The fourth-order valence-electron chi connectivity index (χ4n) is 1.87. The number of rotatable bonds is 9. The van der Waals surface area contributed by atoms with Crippen LogP contribution in [0.15, 0.2) is 30.5 Å². The summed E-state index contributed by atoms with van der Waals surface area (Å²) in [6.07, 6.45) is 2.37. The van der Waals surface area contributed by atoms with E-state index in [4.69, 9.17) is 21.1 Å². The van der Waals surface area contributed by atoms with Gasteiger partial charge in [-0.15, -0.1) is 0 Å². The number of nitrogens with zero attached hydrogens (tertiary/aromatic N) is 2. The number of carbonyl (C=O) groups excluding carboxylic acids is 1. The van der Waals surface area contributed by atoms with E-state index in [1.54, 1.807) is 12.3 Å². The summed E-state index contributed by atoms with van der Waals surface area (Å²) in [7, 11) is 0. The fourth-order valence-corrected chi connectivity index (χ4v) is 2.04. The lowest BCUT2D eigenvalue weighted by Crippen LogP contribution is -2.26. The zero-order valence-electron chi connectivity index (χ0n) is 13.3. The number of aromatic nitrogens is 2. The van der Waals surface area contributed by atoms with Gasteiger partial charge in [-0.2, -0.15) is 5.10 Å². The van der Waals surface area contributed by atoms with Crippen LogP contribution in [0.1, 0.15) is 23.8 Å². The van der Waals surface area contributed by atoms with Crippen LogP contribution in [0, 0.1) is 5.82 Å². The van der Waals surface area contributed by atoms with Crippen LogP contribution in [0.25, 0.3) is 0 Å². The van der Waals surface area contributed by atoms with Crippen molar-refractivity contribution in [1.82, 2.24) is 15.1 Å². The molecule has 2 aromatic rings. The van der Waals surface area contributed by atoms with E-state index in [1.807, 2.05) is 6.92 Å². The van der Waals surface area contributed by atoms with Gasteiger partial charge in [-0.05, 0) is 31.5 Å². The highest BCUT2D eigenvalue weighted by Gasteiger charge is 2.09. The minimum atomic E-state index is -0.508. The van der Waals surface area contributed by atoms with Crippen molar-refractivity contribution >= 4 is 17.5 Å². The lowest BCUT2D eigenvalue weighted by Gasteiger charge is -2.07. The van der Waals surface area contributed by atoms with Crippen molar-refractivity contribution in [2.75, 3.05) is 19.8 Å². The normalized spacial score (nSPS) is 10.6. The molecule has 130 valence electrons. The SMILES string of the molecule is CCOCCCNC(=O)c1ccn(COc2ccc(F)c(Cl)c2)n1. The standard InChI is InChI=1S/C16H19ClFN3O3/c1-2-23-9-3-7-19-16(22)15-6-8-21(20-15)11-24-12-4-5-14(18)13(17)10-12/h4-6,8,10H,2-3,7,9,11H2,1H3,(H,19,22). The maximum atomic E-state index is 13.1. The van der Waals surface area contributed by atoms with Crippen molar-refractivity contribution in [3.63, 3.8) is 0 Å². The van der Waals surface area contributed by atoms with Crippen LogP contribution < -0.4 is 10.1 Å². The van der Waals surface area contributed by atoms with Gasteiger partial charge < -0.3 is 14.8 Å². The molecule has 0 fully saturated rings. The summed E-state index contributed by atoms with van der Waals surface area (Å²) in [5.74, 6) is -0.347. The molecule has 0 spiro atoms. The van der Waals surface area contributed by atoms with Gasteiger partial charge in [0.05, 0.1) is 5.02 Å². The van der Waals surface area contributed by atoms with Gasteiger partial charge in [-0.3, -0.25) is 4.79 Å². The third-order valence-corrected chi connectivity index (χ3v) is 3.37. The average Bonchev–Trinajstić information content (AvgIpc) is 3.05. The molecular formula is C16H19ClFN3O3. The molecule has 0 aliphatic carbocycles. The third-order valence-electron chi connectivity index (χ3n) is 3.08. The Kier molecular flexibility index (Phi) is 7.02. The molecule has 0 aliphatic rings. The molecule has 1 aromatic carbocycles. The first-order valence-electron chi connectivity index (χ1n) is 7.57. The van der Waals surface area contributed by atoms with E-state index >= 15 is 0 Å². The molecule has 0 atom stereocenters. The molecule has 2 rings (SSSR count). The van der Waals surface area contributed by atoms with Crippen LogP contribution in [0.5, 0.6) is 5.75 Å². The molecule has 1 heterocycles. The first kappa shape index (κ1) is 18.2. The molecule has 1 amide bonds. The maximum Gasteiger partial charge on any atom is 0.271 e. The van der Waals surface area contributed by atoms with Crippen molar-refractivity contribution < 1.29 is 18.7 Å². The average molecular weight is 356 g/mol. The van der Waals surface area contributed by atoms with E-state index in [9.17, 15) is 9.18 Å². The van der Waals surface area contributed by atoms with E-state index in [-0.39, 0.29) is 17.7 Å². The van der Waals surface area contributed by atoms with Crippen molar-refractivity contribution in [1.29, 1.82) is 0 Å². The predicted octanol–water partition coefficient (Wildman–Crippen LogP) is 2.87. The molecule has 0 saturated heterocycles. The monoisotopic (exact) mass is 355 g/mol. The molecule has 1 aromatic heterocycles. The predicted molar refractivity (Wildman–Crippen MR) is 87.7 cm³/mol. The summed E-state index contributed by atoms with van der Waals surface area (Å²) >= 11 is 5.68. The first-order valence-corrected chi connectivity index (χ1v) is 7.95. The Morgan fingerprint density at radius 2 is 2.25 bits per heavy atom. The second kappa shape index (κ2) is 9.24. The number of hydrogen-bond donors (Lipinski definition) is 1. The van der Waals surface area contributed by atoms with Crippen LogP contribution >= 0.6 is 11.6 Å². The van der Waals surface area contributed by atoms with Crippen LogP contribution in [0.2, 0.25) is 5.02 Å². The highest BCUT2D eigenvalue weighted by Crippen LogP contribution is 2.21. The first-order chi connectivity index (χ1) is 11.6. The van der Waals surface area contributed by atoms with Gasteiger partial charge in [0.2, 0.25) is 0 Å². The number of benzene rings is 1. The lowest BCUT2D eigenvalue weighted by atomic mass is 10.3. The second-order valence-electron chi connectivity index (χ2n) is 4.90. The Bertz CT molecular complexity index is 678. The van der Waals surface area contributed by atoms with E-state index in [0.29, 0.717) is 31.2 Å². The second-order valence-corrected chi connectivity index (χ2v) is 5.30.